The van der Waals surface area contributed by atoms with Gasteiger partial charge in [0.15, 0.2) is 11.6 Å². The van der Waals surface area contributed by atoms with Crippen molar-refractivity contribution in [1.82, 2.24) is 9.97 Å². The molecule has 0 spiro atoms. The van der Waals surface area contributed by atoms with Gasteiger partial charge in [0.2, 0.25) is 0 Å². The van der Waals surface area contributed by atoms with Crippen molar-refractivity contribution in [2.24, 2.45) is 0 Å². The van der Waals surface area contributed by atoms with E-state index in [0.717, 1.165) is 22.9 Å². The summed E-state index contributed by atoms with van der Waals surface area (Å²) in [5, 5.41) is 6.98. The number of benzene rings is 3. The molecule has 0 bridgehead atoms. The molecule has 29 heavy (non-hydrogen) atoms. The molecule has 3 aromatic carbocycles. The summed E-state index contributed by atoms with van der Waals surface area (Å²) in [4.78, 5) is 8.46. The highest BCUT2D eigenvalue weighted by Gasteiger charge is 2.09. The smallest absolute Gasteiger partial charge is 0.159 e. The van der Waals surface area contributed by atoms with E-state index in [0.29, 0.717) is 22.3 Å². The highest BCUT2D eigenvalue weighted by Crippen LogP contribution is 2.30. The minimum atomic E-state index is 0.400. The van der Waals surface area contributed by atoms with Gasteiger partial charge in [-0.15, -0.1) is 0 Å². The van der Waals surface area contributed by atoms with Gasteiger partial charge in [-0.3, -0.25) is 0 Å². The van der Waals surface area contributed by atoms with E-state index in [4.69, 9.17) is 22.1 Å². The molecule has 0 fully saturated rings. The first-order chi connectivity index (χ1) is 14.2. The molecule has 4 rings (SSSR count). The van der Waals surface area contributed by atoms with E-state index >= 15 is 0 Å². The predicted molar refractivity (Wildman–Crippen MR) is 117 cm³/mol. The lowest BCUT2D eigenvalue weighted by Gasteiger charge is -2.13. The molecule has 0 saturated heterocycles. The van der Waals surface area contributed by atoms with Crippen molar-refractivity contribution in [2.75, 3.05) is 16.4 Å². The fraction of sp³-hybridized carbons (Fsp3) is 0. The summed E-state index contributed by atoms with van der Waals surface area (Å²) in [5.74, 6) is 2.51. The van der Waals surface area contributed by atoms with Crippen LogP contribution >= 0.6 is 11.6 Å². The average molecular weight is 404 g/mol. The third-order valence-corrected chi connectivity index (χ3v) is 4.30. The molecular formula is C22H18ClN5O. The second-order valence-corrected chi connectivity index (χ2v) is 6.62. The van der Waals surface area contributed by atoms with Crippen molar-refractivity contribution in [1.29, 1.82) is 0 Å². The van der Waals surface area contributed by atoms with Crippen LogP contribution in [0.4, 0.5) is 28.7 Å². The second kappa shape index (κ2) is 8.50. The number of halogens is 1. The van der Waals surface area contributed by atoms with Crippen molar-refractivity contribution in [3.8, 4) is 11.5 Å². The number of nitrogens with two attached hydrogens (primary N) is 1. The molecule has 0 aliphatic rings. The molecule has 0 saturated carbocycles. The Kier molecular flexibility index (Phi) is 5.45. The van der Waals surface area contributed by atoms with Crippen LogP contribution in [0, 0.1) is 0 Å². The highest BCUT2D eigenvalue weighted by molar-refractivity contribution is 6.30. The van der Waals surface area contributed by atoms with Gasteiger partial charge < -0.3 is 21.1 Å². The maximum atomic E-state index is 6.24. The first-order valence-electron chi connectivity index (χ1n) is 8.90. The largest absolute Gasteiger partial charge is 0.457 e. The number of hydrogen-bond acceptors (Lipinski definition) is 6. The number of ether oxygens (including phenoxy) is 1. The van der Waals surface area contributed by atoms with Gasteiger partial charge >= 0.3 is 0 Å². The van der Waals surface area contributed by atoms with E-state index in [1.54, 1.807) is 12.1 Å². The molecule has 7 heteroatoms. The van der Waals surface area contributed by atoms with Crippen LogP contribution < -0.4 is 21.1 Å². The fourth-order valence-corrected chi connectivity index (χ4v) is 2.86. The first-order valence-corrected chi connectivity index (χ1v) is 9.28. The Morgan fingerprint density at radius 3 is 2.07 bits per heavy atom. The van der Waals surface area contributed by atoms with Crippen LogP contribution in [-0.4, -0.2) is 9.97 Å². The molecule has 6 nitrogen and oxygen atoms in total. The summed E-state index contributed by atoms with van der Waals surface area (Å²) in [6, 6.07) is 24.5. The molecule has 0 aliphatic heterocycles. The lowest BCUT2D eigenvalue weighted by Crippen LogP contribution is -2.05. The molecule has 144 valence electrons. The van der Waals surface area contributed by atoms with Crippen molar-refractivity contribution >= 4 is 40.3 Å². The van der Waals surface area contributed by atoms with Gasteiger partial charge in [-0.2, -0.15) is 0 Å². The van der Waals surface area contributed by atoms with Crippen molar-refractivity contribution in [3.63, 3.8) is 0 Å². The number of para-hydroxylation sites is 1. The summed E-state index contributed by atoms with van der Waals surface area (Å²) in [7, 11) is 0. The first kappa shape index (κ1) is 18.6. The molecule has 4 aromatic rings. The van der Waals surface area contributed by atoms with Crippen molar-refractivity contribution < 1.29 is 4.74 Å². The summed E-state index contributed by atoms with van der Waals surface area (Å²) in [6.45, 7) is 0. The van der Waals surface area contributed by atoms with Gasteiger partial charge in [-0.1, -0.05) is 35.9 Å². The topological polar surface area (TPSA) is 85.1 Å². The zero-order valence-electron chi connectivity index (χ0n) is 15.3. The van der Waals surface area contributed by atoms with Gasteiger partial charge in [0, 0.05) is 16.4 Å². The minimum Gasteiger partial charge on any atom is -0.457 e. The minimum absolute atomic E-state index is 0.400. The highest BCUT2D eigenvalue weighted by atomic mass is 35.5. The molecule has 0 unspecified atom stereocenters. The fourth-order valence-electron chi connectivity index (χ4n) is 2.67. The van der Waals surface area contributed by atoms with E-state index in [2.05, 4.69) is 20.6 Å². The monoisotopic (exact) mass is 403 g/mol. The number of nitrogen functional groups attached to an aromatic ring is 1. The standard InChI is InChI=1S/C22H18ClN5O/c23-15-5-4-6-17(13-15)28-22-20(24)21(25-14-26-22)27-16-9-11-19(12-10-16)29-18-7-2-1-3-8-18/h1-14H,24H2,(H2,25,26,27,28). The molecular weight excluding hydrogens is 386 g/mol. The van der Waals surface area contributed by atoms with E-state index in [-0.39, 0.29) is 0 Å². The van der Waals surface area contributed by atoms with Gasteiger partial charge in [0.1, 0.15) is 23.5 Å². The third kappa shape index (κ3) is 4.75. The Morgan fingerprint density at radius 1 is 0.724 bits per heavy atom. The zero-order valence-corrected chi connectivity index (χ0v) is 16.1. The molecule has 4 N–H and O–H groups in total. The Labute approximate surface area is 173 Å². The average Bonchev–Trinajstić information content (AvgIpc) is 2.73. The lowest BCUT2D eigenvalue weighted by atomic mass is 10.3. The number of anilines is 5. The van der Waals surface area contributed by atoms with Crippen molar-refractivity contribution in [2.45, 2.75) is 0 Å². The van der Waals surface area contributed by atoms with Gasteiger partial charge in [-0.05, 0) is 54.6 Å². The van der Waals surface area contributed by atoms with E-state index in [1.165, 1.54) is 6.33 Å². The molecule has 0 atom stereocenters. The van der Waals surface area contributed by atoms with Gasteiger partial charge in [0.25, 0.3) is 0 Å². The van der Waals surface area contributed by atoms with Crippen LogP contribution in [0.1, 0.15) is 0 Å². The Balaban J connectivity index is 1.48. The van der Waals surface area contributed by atoms with E-state index in [9.17, 15) is 0 Å². The van der Waals surface area contributed by atoms with Crippen molar-refractivity contribution in [3.05, 3.63) is 90.2 Å². The van der Waals surface area contributed by atoms with Gasteiger partial charge in [-0.25, -0.2) is 9.97 Å². The van der Waals surface area contributed by atoms with Crippen LogP contribution in [0.2, 0.25) is 5.02 Å². The molecule has 1 heterocycles. The molecule has 1 aromatic heterocycles. The summed E-state index contributed by atoms with van der Waals surface area (Å²) in [6.07, 6.45) is 1.44. The zero-order chi connectivity index (χ0) is 20.1. The quantitative estimate of drug-likeness (QED) is 0.366. The molecule has 0 amide bonds. The Morgan fingerprint density at radius 2 is 1.38 bits per heavy atom. The van der Waals surface area contributed by atoms with Crippen LogP contribution in [0.5, 0.6) is 11.5 Å². The van der Waals surface area contributed by atoms with Crippen LogP contribution in [0.3, 0.4) is 0 Å². The van der Waals surface area contributed by atoms with E-state index < -0.39 is 0 Å². The second-order valence-electron chi connectivity index (χ2n) is 6.18. The summed E-state index contributed by atoms with van der Waals surface area (Å²) >= 11 is 6.03. The van der Waals surface area contributed by atoms with Gasteiger partial charge in [0.05, 0.1) is 0 Å². The number of nitrogens with zero attached hydrogens (tertiary/aromatic N) is 2. The Bertz CT molecular complexity index is 1100. The molecule has 0 aliphatic carbocycles. The number of hydrogen-bond donors (Lipinski definition) is 3. The Hall–Kier alpha value is -3.77. The lowest BCUT2D eigenvalue weighted by molar-refractivity contribution is 0.483. The number of nitrogens with one attached hydrogen (secondary N) is 2. The number of rotatable bonds is 6. The van der Waals surface area contributed by atoms with Crippen LogP contribution in [0.25, 0.3) is 0 Å². The van der Waals surface area contributed by atoms with Crippen LogP contribution in [-0.2, 0) is 0 Å². The SMILES string of the molecule is Nc1c(Nc2ccc(Oc3ccccc3)cc2)ncnc1Nc1cccc(Cl)c1. The number of aromatic nitrogens is 2. The maximum Gasteiger partial charge on any atom is 0.159 e. The summed E-state index contributed by atoms with van der Waals surface area (Å²) in [5.41, 5.74) is 8.25. The van der Waals surface area contributed by atoms with Crippen LogP contribution in [0.15, 0.2) is 85.2 Å². The maximum absolute atomic E-state index is 6.24. The normalized spacial score (nSPS) is 10.4. The third-order valence-electron chi connectivity index (χ3n) is 4.07. The molecule has 0 radical (unpaired) electrons. The predicted octanol–water partition coefficient (Wildman–Crippen LogP) is 5.99. The van der Waals surface area contributed by atoms with E-state index in [1.807, 2.05) is 66.7 Å². The summed E-state index contributed by atoms with van der Waals surface area (Å²) < 4.78 is 5.80.